The third-order valence-electron chi connectivity index (χ3n) is 10.5. The molecule has 7 aromatic rings. The Morgan fingerprint density at radius 1 is 0.540 bits per heavy atom. The Labute approximate surface area is 293 Å². The van der Waals surface area contributed by atoms with Crippen molar-refractivity contribution in [2.45, 2.75) is 25.9 Å². The van der Waals surface area contributed by atoms with Gasteiger partial charge in [-0.05, 0) is 109 Å². The molecule has 2 atom stereocenters. The van der Waals surface area contributed by atoms with Gasteiger partial charge in [-0.1, -0.05) is 153 Å². The Hall–Kier alpha value is -5.99. The van der Waals surface area contributed by atoms with Crippen molar-refractivity contribution >= 4 is 43.7 Å². The Morgan fingerprint density at radius 3 is 1.78 bits per heavy atom. The average Bonchev–Trinajstić information content (AvgIpc) is 3.18. The van der Waals surface area contributed by atoms with E-state index in [1.54, 1.807) is 0 Å². The van der Waals surface area contributed by atoms with E-state index < -0.39 is 5.66 Å². The van der Waals surface area contributed by atoms with Gasteiger partial charge in [-0.3, -0.25) is 4.99 Å². The van der Waals surface area contributed by atoms with Crippen molar-refractivity contribution < 1.29 is 0 Å². The summed E-state index contributed by atoms with van der Waals surface area (Å²) in [6.45, 7) is 4.53. The summed E-state index contributed by atoms with van der Waals surface area (Å²) in [5, 5.41) is 11.6. The molecule has 0 saturated carbocycles. The summed E-state index contributed by atoms with van der Waals surface area (Å²) in [6.07, 6.45) is 9.93. The second-order valence-corrected chi connectivity index (χ2v) is 13.8. The number of fused-ring (bicyclic) bond motifs is 6. The fourth-order valence-corrected chi connectivity index (χ4v) is 8.01. The van der Waals surface area contributed by atoms with Crippen LogP contribution in [0.5, 0.6) is 0 Å². The van der Waals surface area contributed by atoms with E-state index in [1.807, 2.05) is 0 Å². The van der Waals surface area contributed by atoms with E-state index in [-0.39, 0.29) is 0 Å². The molecule has 240 valence electrons. The maximum atomic E-state index is 5.50. The third-order valence-corrected chi connectivity index (χ3v) is 10.5. The van der Waals surface area contributed by atoms with E-state index in [1.165, 1.54) is 60.1 Å². The molecule has 0 amide bonds. The largest absolute Gasteiger partial charge is 0.357 e. The van der Waals surface area contributed by atoms with Gasteiger partial charge in [0, 0.05) is 11.3 Å². The zero-order valence-corrected chi connectivity index (χ0v) is 28.4. The molecule has 1 aliphatic heterocycles. The number of allylic oxidation sites excluding steroid dienone is 4. The Bertz CT molecular complexity index is 2530. The molecule has 9 rings (SSSR count). The summed E-state index contributed by atoms with van der Waals surface area (Å²) >= 11 is 0. The highest BCUT2D eigenvalue weighted by molar-refractivity contribution is 6.25. The van der Waals surface area contributed by atoms with E-state index in [2.05, 4.69) is 189 Å². The molecular weight excluding hydrogens is 605 g/mol. The van der Waals surface area contributed by atoms with E-state index in [0.29, 0.717) is 5.92 Å². The average molecular weight is 643 g/mol. The van der Waals surface area contributed by atoms with Crippen LogP contribution in [0.4, 0.5) is 0 Å². The third kappa shape index (κ3) is 5.25. The highest BCUT2D eigenvalue weighted by Gasteiger charge is 2.35. The van der Waals surface area contributed by atoms with Gasteiger partial charge in [-0.15, -0.1) is 0 Å². The summed E-state index contributed by atoms with van der Waals surface area (Å²) < 4.78 is 0. The van der Waals surface area contributed by atoms with Crippen LogP contribution in [0.3, 0.4) is 0 Å². The van der Waals surface area contributed by atoms with Crippen molar-refractivity contribution in [3.8, 4) is 22.3 Å². The van der Waals surface area contributed by atoms with E-state index in [0.717, 1.165) is 29.0 Å². The molecule has 50 heavy (non-hydrogen) atoms. The molecule has 2 heteroatoms. The molecule has 1 N–H and O–H groups in total. The number of hydrogen-bond donors (Lipinski definition) is 1. The smallest absolute Gasteiger partial charge is 0.150 e. The monoisotopic (exact) mass is 642 g/mol. The molecule has 0 bridgehead atoms. The SMILES string of the molecule is CC1CC=CC=C1C1(C)N=C(c2cccc(-c3ccc4c5ccccc5c5ccccc5c4c3)c2)C=C(c2cccc(-c3ccccc3)c2)N1. The lowest BCUT2D eigenvalue weighted by molar-refractivity contribution is 0.441. The molecule has 2 nitrogen and oxygen atoms in total. The summed E-state index contributed by atoms with van der Waals surface area (Å²) in [5.41, 5.74) is 9.80. The van der Waals surface area contributed by atoms with Gasteiger partial charge in [0.1, 0.15) is 5.66 Å². The number of nitrogens with zero attached hydrogens (tertiary/aromatic N) is 1. The van der Waals surface area contributed by atoms with E-state index in [4.69, 9.17) is 4.99 Å². The normalized spacial score (nSPS) is 18.8. The maximum absolute atomic E-state index is 5.50. The molecule has 2 aliphatic rings. The van der Waals surface area contributed by atoms with Crippen LogP contribution < -0.4 is 5.32 Å². The maximum Gasteiger partial charge on any atom is 0.150 e. The molecule has 0 radical (unpaired) electrons. The number of rotatable bonds is 5. The second-order valence-electron chi connectivity index (χ2n) is 13.8. The molecule has 7 aromatic carbocycles. The van der Waals surface area contributed by atoms with Crippen LogP contribution in [0.15, 0.2) is 180 Å². The van der Waals surface area contributed by atoms with Gasteiger partial charge in [-0.2, -0.15) is 0 Å². The minimum absolute atomic E-state index is 0.382. The second kappa shape index (κ2) is 12.2. The molecular formula is C48H38N2. The van der Waals surface area contributed by atoms with Gasteiger partial charge in [0.2, 0.25) is 0 Å². The molecule has 1 aliphatic carbocycles. The molecule has 2 unspecified atom stereocenters. The molecule has 0 aromatic heterocycles. The highest BCUT2D eigenvalue weighted by atomic mass is 15.2. The fourth-order valence-electron chi connectivity index (χ4n) is 8.01. The zero-order chi connectivity index (χ0) is 33.7. The molecule has 1 heterocycles. The first-order valence-electron chi connectivity index (χ1n) is 17.6. The van der Waals surface area contributed by atoms with Gasteiger partial charge in [0.25, 0.3) is 0 Å². The van der Waals surface area contributed by atoms with Crippen LogP contribution in [0, 0.1) is 5.92 Å². The first kappa shape index (κ1) is 30.1. The van der Waals surface area contributed by atoms with Crippen molar-refractivity contribution in [3.05, 3.63) is 187 Å². The van der Waals surface area contributed by atoms with Crippen LogP contribution in [-0.4, -0.2) is 11.4 Å². The number of nitrogens with one attached hydrogen (secondary N) is 1. The van der Waals surface area contributed by atoms with Gasteiger partial charge in [0.05, 0.1) is 5.71 Å². The quantitative estimate of drug-likeness (QED) is 0.186. The van der Waals surface area contributed by atoms with Crippen molar-refractivity contribution in [2.75, 3.05) is 0 Å². The molecule has 0 fully saturated rings. The van der Waals surface area contributed by atoms with Gasteiger partial charge >= 0.3 is 0 Å². The summed E-state index contributed by atoms with van der Waals surface area (Å²) in [4.78, 5) is 5.50. The van der Waals surface area contributed by atoms with Crippen LogP contribution in [-0.2, 0) is 0 Å². The number of hydrogen-bond acceptors (Lipinski definition) is 2. The van der Waals surface area contributed by atoms with Gasteiger partial charge in [0.15, 0.2) is 0 Å². The predicted molar refractivity (Wildman–Crippen MR) is 213 cm³/mol. The summed E-state index contributed by atoms with van der Waals surface area (Å²) in [6, 6.07) is 52.8. The highest BCUT2D eigenvalue weighted by Crippen LogP contribution is 2.39. The molecule has 0 saturated heterocycles. The van der Waals surface area contributed by atoms with Crippen LogP contribution in [0.25, 0.3) is 60.3 Å². The standard InChI is InChI=1S/C48H38N2/c1-32-14-6-11-25-45(32)48(2)49-46(37-19-12-17-34(28-37)33-15-4-3-5-16-33)31-47(50-48)38-20-13-18-35(29-38)36-26-27-43-41-23-8-7-21-39(41)40-22-9-10-24-42(40)44(43)30-36/h3-13,15-32,49H,14H2,1-2H3. The minimum atomic E-state index is -0.592. The van der Waals surface area contributed by atoms with Gasteiger partial charge < -0.3 is 5.32 Å². The zero-order valence-electron chi connectivity index (χ0n) is 28.4. The number of benzene rings is 7. The minimum Gasteiger partial charge on any atom is -0.357 e. The Balaban J connectivity index is 1.18. The fraction of sp³-hybridized carbons (Fsp3) is 0.104. The molecule has 0 spiro atoms. The predicted octanol–water partition coefficient (Wildman–Crippen LogP) is 12.2. The number of aliphatic imine (C=N–C) groups is 1. The Kier molecular flexibility index (Phi) is 7.32. The van der Waals surface area contributed by atoms with Crippen LogP contribution >= 0.6 is 0 Å². The van der Waals surface area contributed by atoms with E-state index >= 15 is 0 Å². The Morgan fingerprint density at radius 2 is 1.08 bits per heavy atom. The lowest BCUT2D eigenvalue weighted by Crippen LogP contribution is -2.46. The van der Waals surface area contributed by atoms with Crippen molar-refractivity contribution in [1.82, 2.24) is 5.32 Å². The van der Waals surface area contributed by atoms with Crippen LogP contribution in [0.1, 0.15) is 31.4 Å². The van der Waals surface area contributed by atoms with Crippen molar-refractivity contribution in [2.24, 2.45) is 10.9 Å². The summed E-state index contributed by atoms with van der Waals surface area (Å²) in [7, 11) is 0. The lowest BCUT2D eigenvalue weighted by Gasteiger charge is -2.38. The topological polar surface area (TPSA) is 24.4 Å². The summed E-state index contributed by atoms with van der Waals surface area (Å²) in [5.74, 6) is 0.382. The van der Waals surface area contributed by atoms with E-state index in [9.17, 15) is 0 Å². The van der Waals surface area contributed by atoms with Crippen LogP contribution in [0.2, 0.25) is 0 Å². The van der Waals surface area contributed by atoms with Gasteiger partial charge in [-0.25, -0.2) is 0 Å². The lowest BCUT2D eigenvalue weighted by atomic mass is 9.83. The van der Waals surface area contributed by atoms with Crippen molar-refractivity contribution in [1.29, 1.82) is 0 Å². The first-order chi connectivity index (χ1) is 24.5. The van der Waals surface area contributed by atoms with Crippen molar-refractivity contribution in [3.63, 3.8) is 0 Å². The first-order valence-corrected chi connectivity index (χ1v) is 17.6.